The summed E-state index contributed by atoms with van der Waals surface area (Å²) in [7, 11) is 0. The van der Waals surface area contributed by atoms with Crippen LogP contribution in [0.25, 0.3) is 33.6 Å². The molecule has 0 aliphatic carbocycles. The van der Waals surface area contributed by atoms with Crippen molar-refractivity contribution in [1.82, 2.24) is 29.8 Å². The van der Waals surface area contributed by atoms with Crippen LogP contribution >= 0.6 is 0 Å². The van der Waals surface area contributed by atoms with Gasteiger partial charge in [-0.2, -0.15) is 0 Å². The van der Waals surface area contributed by atoms with Gasteiger partial charge in [0.1, 0.15) is 17.2 Å². The summed E-state index contributed by atoms with van der Waals surface area (Å²) in [5, 5.41) is 0. The average Bonchev–Trinajstić information content (AvgIpc) is 3.48. The van der Waals surface area contributed by atoms with Gasteiger partial charge in [-0.05, 0) is 49.2 Å². The van der Waals surface area contributed by atoms with Crippen LogP contribution in [-0.4, -0.2) is 48.8 Å². The van der Waals surface area contributed by atoms with Gasteiger partial charge >= 0.3 is 0 Å². The van der Waals surface area contributed by atoms with Crippen LogP contribution in [0.4, 0.5) is 0 Å². The summed E-state index contributed by atoms with van der Waals surface area (Å²) in [4.78, 5) is 35.7. The van der Waals surface area contributed by atoms with Gasteiger partial charge in [0.15, 0.2) is 5.82 Å². The molecule has 1 saturated heterocycles. The second kappa shape index (κ2) is 7.60. The van der Waals surface area contributed by atoms with Crippen LogP contribution < -0.4 is 0 Å². The molecule has 0 atom stereocenters. The van der Waals surface area contributed by atoms with Crippen LogP contribution in [0.5, 0.6) is 0 Å². The number of nitrogens with zero attached hydrogens (tertiary/aromatic N) is 4. The number of para-hydroxylation sites is 4. The summed E-state index contributed by atoms with van der Waals surface area (Å²) in [5.74, 6) is 1.99. The number of hydrogen-bond acceptors (Lipinski definition) is 4. The molecular weight excluding hydrogens is 400 g/mol. The van der Waals surface area contributed by atoms with E-state index in [9.17, 15) is 4.79 Å². The Balaban J connectivity index is 1.18. The van der Waals surface area contributed by atoms with Gasteiger partial charge in [0.25, 0.3) is 5.91 Å². The number of pyridine rings is 1. The summed E-state index contributed by atoms with van der Waals surface area (Å²) < 4.78 is 0. The van der Waals surface area contributed by atoms with Crippen molar-refractivity contribution in [2.24, 2.45) is 0 Å². The molecule has 0 bridgehead atoms. The number of carbonyl (C=O) groups is 1. The Hall–Kier alpha value is -4.00. The van der Waals surface area contributed by atoms with E-state index in [1.165, 1.54) is 0 Å². The first-order chi connectivity index (χ1) is 15.7. The molecule has 4 heterocycles. The molecule has 1 fully saturated rings. The molecule has 0 spiro atoms. The molecule has 2 aromatic carbocycles. The Labute approximate surface area is 184 Å². The Morgan fingerprint density at radius 1 is 0.781 bits per heavy atom. The second-order valence-electron chi connectivity index (χ2n) is 8.22. The quantitative estimate of drug-likeness (QED) is 0.447. The number of rotatable bonds is 3. The van der Waals surface area contributed by atoms with E-state index < -0.39 is 0 Å². The van der Waals surface area contributed by atoms with Crippen LogP contribution in [0, 0.1) is 0 Å². The molecule has 158 valence electrons. The fourth-order valence-corrected chi connectivity index (χ4v) is 4.44. The predicted octanol–water partition coefficient (Wildman–Crippen LogP) is 4.52. The second-order valence-corrected chi connectivity index (χ2v) is 8.22. The summed E-state index contributed by atoms with van der Waals surface area (Å²) in [6, 6.07) is 21.5. The van der Waals surface area contributed by atoms with Crippen molar-refractivity contribution < 1.29 is 4.79 Å². The van der Waals surface area contributed by atoms with Crippen LogP contribution in [0.1, 0.15) is 35.1 Å². The van der Waals surface area contributed by atoms with E-state index in [4.69, 9.17) is 4.98 Å². The minimum absolute atomic E-state index is 0.0361. The molecule has 0 radical (unpaired) electrons. The molecule has 1 aliphatic rings. The largest absolute Gasteiger partial charge is 0.342 e. The highest BCUT2D eigenvalue weighted by Gasteiger charge is 2.27. The van der Waals surface area contributed by atoms with Crippen molar-refractivity contribution in [3.05, 3.63) is 78.2 Å². The molecular formula is C25H22N6O. The first kappa shape index (κ1) is 18.7. The number of hydrogen-bond donors (Lipinski definition) is 2. The van der Waals surface area contributed by atoms with Gasteiger partial charge in [-0.1, -0.05) is 30.3 Å². The summed E-state index contributed by atoms with van der Waals surface area (Å²) >= 11 is 0. The fraction of sp³-hybridized carbons (Fsp3) is 0.200. The van der Waals surface area contributed by atoms with Gasteiger partial charge in [-0.3, -0.25) is 4.79 Å². The van der Waals surface area contributed by atoms with Crippen molar-refractivity contribution in [2.75, 3.05) is 13.1 Å². The summed E-state index contributed by atoms with van der Waals surface area (Å²) in [5.41, 5.74) is 5.01. The lowest BCUT2D eigenvalue weighted by molar-refractivity contribution is 0.0705. The van der Waals surface area contributed by atoms with E-state index in [0.29, 0.717) is 36.2 Å². The van der Waals surface area contributed by atoms with Crippen LogP contribution in [0.15, 0.2) is 66.7 Å². The normalized spacial score (nSPS) is 14.9. The van der Waals surface area contributed by atoms with Crippen LogP contribution in [0.3, 0.4) is 0 Å². The molecule has 6 rings (SSSR count). The molecule has 2 N–H and O–H groups in total. The topological polar surface area (TPSA) is 90.6 Å². The third-order valence-electron chi connectivity index (χ3n) is 6.18. The standard InChI is InChI=1S/C25H22N6O/c32-25(22-11-5-10-21(26-22)24-29-19-8-3-4-9-20(19)30-24)31-14-12-16(13-15-31)23-27-17-6-1-2-7-18(17)28-23/h1-11,16H,12-15H2,(H,27,28)(H,29,30). The molecule has 1 amide bonds. The Morgan fingerprint density at radius 2 is 1.47 bits per heavy atom. The van der Waals surface area contributed by atoms with E-state index in [1.54, 1.807) is 6.07 Å². The number of H-pyrrole nitrogens is 2. The van der Waals surface area contributed by atoms with Crippen molar-refractivity contribution >= 4 is 28.0 Å². The monoisotopic (exact) mass is 422 g/mol. The van der Waals surface area contributed by atoms with Crippen molar-refractivity contribution in [3.63, 3.8) is 0 Å². The third kappa shape index (κ3) is 3.32. The maximum absolute atomic E-state index is 13.1. The zero-order valence-corrected chi connectivity index (χ0v) is 17.5. The summed E-state index contributed by atoms with van der Waals surface area (Å²) in [6.07, 6.45) is 1.77. The van der Waals surface area contributed by atoms with Gasteiger partial charge in [0, 0.05) is 19.0 Å². The van der Waals surface area contributed by atoms with Gasteiger partial charge < -0.3 is 14.9 Å². The molecule has 3 aromatic heterocycles. The number of nitrogens with one attached hydrogen (secondary N) is 2. The molecule has 7 heteroatoms. The zero-order valence-electron chi connectivity index (χ0n) is 17.5. The van der Waals surface area contributed by atoms with Crippen molar-refractivity contribution in [1.29, 1.82) is 0 Å². The Morgan fingerprint density at radius 3 is 2.19 bits per heavy atom. The van der Waals surface area contributed by atoms with E-state index in [-0.39, 0.29) is 5.91 Å². The highest BCUT2D eigenvalue weighted by Crippen LogP contribution is 2.28. The van der Waals surface area contributed by atoms with Crippen molar-refractivity contribution in [2.45, 2.75) is 18.8 Å². The number of imidazole rings is 2. The SMILES string of the molecule is O=C(c1cccc(-c2nc3ccccc3[nH]2)n1)N1CCC(c2nc3ccccc3[nH]2)CC1. The summed E-state index contributed by atoms with van der Waals surface area (Å²) in [6.45, 7) is 1.38. The predicted molar refractivity (Wildman–Crippen MR) is 123 cm³/mol. The minimum Gasteiger partial charge on any atom is -0.342 e. The first-order valence-electron chi connectivity index (χ1n) is 10.9. The van der Waals surface area contributed by atoms with E-state index in [0.717, 1.165) is 40.7 Å². The minimum atomic E-state index is -0.0361. The van der Waals surface area contributed by atoms with E-state index >= 15 is 0 Å². The first-order valence-corrected chi connectivity index (χ1v) is 10.9. The highest BCUT2D eigenvalue weighted by atomic mass is 16.2. The molecule has 32 heavy (non-hydrogen) atoms. The molecule has 5 aromatic rings. The molecule has 0 saturated carbocycles. The maximum Gasteiger partial charge on any atom is 0.272 e. The molecule has 1 aliphatic heterocycles. The smallest absolute Gasteiger partial charge is 0.272 e. The average molecular weight is 422 g/mol. The number of likely N-dealkylation sites (tertiary alicyclic amines) is 1. The van der Waals surface area contributed by atoms with Gasteiger partial charge in [-0.15, -0.1) is 0 Å². The number of carbonyl (C=O) groups excluding carboxylic acids is 1. The lowest BCUT2D eigenvalue weighted by Gasteiger charge is -2.31. The van der Waals surface area contributed by atoms with Crippen LogP contribution in [-0.2, 0) is 0 Å². The van der Waals surface area contributed by atoms with Crippen LogP contribution in [0.2, 0.25) is 0 Å². The molecule has 0 unspecified atom stereocenters. The van der Waals surface area contributed by atoms with Gasteiger partial charge in [-0.25, -0.2) is 15.0 Å². The van der Waals surface area contributed by atoms with Gasteiger partial charge in [0.05, 0.1) is 22.1 Å². The third-order valence-corrected chi connectivity index (χ3v) is 6.18. The molecule has 7 nitrogen and oxygen atoms in total. The lowest BCUT2D eigenvalue weighted by Crippen LogP contribution is -2.38. The Bertz CT molecular complexity index is 1360. The van der Waals surface area contributed by atoms with E-state index in [1.807, 2.05) is 65.6 Å². The lowest BCUT2D eigenvalue weighted by atomic mass is 9.96. The Kier molecular flexibility index (Phi) is 4.45. The number of amides is 1. The van der Waals surface area contributed by atoms with Gasteiger partial charge in [0.2, 0.25) is 0 Å². The number of fused-ring (bicyclic) bond motifs is 2. The van der Waals surface area contributed by atoms with E-state index in [2.05, 4.69) is 19.9 Å². The number of benzene rings is 2. The number of aromatic amines is 2. The zero-order chi connectivity index (χ0) is 21.5. The maximum atomic E-state index is 13.1. The highest BCUT2D eigenvalue weighted by molar-refractivity contribution is 5.93. The van der Waals surface area contributed by atoms with Crippen molar-refractivity contribution in [3.8, 4) is 11.5 Å². The number of piperidine rings is 1. The fourth-order valence-electron chi connectivity index (χ4n) is 4.44. The number of aromatic nitrogens is 5.